The molecule has 1 aliphatic rings. The van der Waals surface area contributed by atoms with Crippen LogP contribution in [0, 0.1) is 0 Å². The van der Waals surface area contributed by atoms with Crippen LogP contribution in [-0.2, 0) is 6.54 Å². The number of aromatic nitrogens is 1. The van der Waals surface area contributed by atoms with Gasteiger partial charge in [0, 0.05) is 36.6 Å². The Morgan fingerprint density at radius 2 is 1.85 bits per heavy atom. The van der Waals surface area contributed by atoms with Crippen LogP contribution in [0.5, 0.6) is 0 Å². The Labute approximate surface area is 157 Å². The molecule has 3 aromatic rings. The van der Waals surface area contributed by atoms with Gasteiger partial charge in [0.25, 0.3) is 5.91 Å². The molecule has 1 N–H and O–H groups in total. The minimum Gasteiger partial charge on any atom is -0.347 e. The van der Waals surface area contributed by atoms with E-state index >= 15 is 0 Å². The Balaban J connectivity index is 1.33. The molecule has 4 nitrogen and oxygen atoms in total. The van der Waals surface area contributed by atoms with Crippen molar-refractivity contribution in [3.8, 4) is 10.6 Å². The summed E-state index contributed by atoms with van der Waals surface area (Å²) in [5.74, 6) is -0.0741. The standard InChI is InChI=1S/C21H21N3OS/c25-20(19-15-26-21(23-19)17-9-5-2-6-10-17)22-18-11-12-24(14-18)13-16-7-3-1-4-8-16/h1-10,15,18H,11-14H2,(H,22,25)/t18-/m0/s1. The topological polar surface area (TPSA) is 45.2 Å². The molecule has 1 atom stereocenters. The molecule has 2 aromatic carbocycles. The third-order valence-electron chi connectivity index (χ3n) is 4.61. The van der Waals surface area contributed by atoms with Gasteiger partial charge in [0.2, 0.25) is 0 Å². The second-order valence-electron chi connectivity index (χ2n) is 6.58. The predicted molar refractivity (Wildman–Crippen MR) is 105 cm³/mol. The van der Waals surface area contributed by atoms with Gasteiger partial charge in [0.05, 0.1) is 0 Å². The molecule has 1 aromatic heterocycles. The Kier molecular flexibility index (Phi) is 5.09. The number of thiazole rings is 1. The van der Waals surface area contributed by atoms with E-state index < -0.39 is 0 Å². The first kappa shape index (κ1) is 16.9. The number of hydrogen-bond acceptors (Lipinski definition) is 4. The Morgan fingerprint density at radius 1 is 1.12 bits per heavy atom. The highest BCUT2D eigenvalue weighted by Gasteiger charge is 2.25. The van der Waals surface area contributed by atoms with Crippen LogP contribution in [0.15, 0.2) is 66.0 Å². The first-order valence-corrected chi connectivity index (χ1v) is 9.74. The lowest BCUT2D eigenvalue weighted by Gasteiger charge is -2.16. The third kappa shape index (κ3) is 4.00. The van der Waals surface area contributed by atoms with Gasteiger partial charge in [0.15, 0.2) is 0 Å². The second kappa shape index (κ2) is 7.81. The van der Waals surface area contributed by atoms with Gasteiger partial charge in [-0.25, -0.2) is 4.98 Å². The number of nitrogens with zero attached hydrogens (tertiary/aromatic N) is 2. The molecular formula is C21H21N3OS. The number of carbonyl (C=O) groups excluding carboxylic acids is 1. The van der Waals surface area contributed by atoms with Crippen molar-refractivity contribution < 1.29 is 4.79 Å². The molecule has 1 fully saturated rings. The number of carbonyl (C=O) groups is 1. The van der Waals surface area contributed by atoms with Crippen molar-refractivity contribution in [2.24, 2.45) is 0 Å². The van der Waals surface area contributed by atoms with Gasteiger partial charge < -0.3 is 5.32 Å². The Bertz CT molecular complexity index is 863. The van der Waals surface area contributed by atoms with Crippen LogP contribution in [-0.4, -0.2) is 34.9 Å². The Morgan fingerprint density at radius 3 is 2.62 bits per heavy atom. The van der Waals surface area contributed by atoms with Crippen molar-refractivity contribution in [1.82, 2.24) is 15.2 Å². The predicted octanol–water partition coefficient (Wildman–Crippen LogP) is 3.81. The number of rotatable bonds is 5. The van der Waals surface area contributed by atoms with E-state index in [4.69, 9.17) is 0 Å². The molecule has 1 amide bonds. The monoisotopic (exact) mass is 363 g/mol. The van der Waals surface area contributed by atoms with Crippen LogP contribution >= 0.6 is 11.3 Å². The molecule has 26 heavy (non-hydrogen) atoms. The molecule has 0 unspecified atom stereocenters. The molecule has 0 spiro atoms. The zero-order valence-corrected chi connectivity index (χ0v) is 15.3. The fraction of sp³-hybridized carbons (Fsp3) is 0.238. The van der Waals surface area contributed by atoms with Crippen LogP contribution < -0.4 is 5.32 Å². The van der Waals surface area contributed by atoms with Gasteiger partial charge >= 0.3 is 0 Å². The zero-order chi connectivity index (χ0) is 17.8. The molecule has 4 rings (SSSR count). The number of hydrogen-bond donors (Lipinski definition) is 1. The van der Waals surface area contributed by atoms with E-state index in [1.807, 2.05) is 41.8 Å². The summed E-state index contributed by atoms with van der Waals surface area (Å²) in [6.45, 7) is 2.82. The van der Waals surface area contributed by atoms with E-state index in [9.17, 15) is 4.79 Å². The smallest absolute Gasteiger partial charge is 0.271 e. The van der Waals surface area contributed by atoms with Gasteiger partial charge in [-0.1, -0.05) is 60.7 Å². The lowest BCUT2D eigenvalue weighted by atomic mass is 10.2. The summed E-state index contributed by atoms with van der Waals surface area (Å²) in [6, 6.07) is 20.6. The maximum Gasteiger partial charge on any atom is 0.271 e. The summed E-state index contributed by atoms with van der Waals surface area (Å²) in [6.07, 6.45) is 0.980. The average molecular weight is 363 g/mol. The van der Waals surface area contributed by atoms with E-state index in [2.05, 4.69) is 39.5 Å². The third-order valence-corrected chi connectivity index (χ3v) is 5.51. The van der Waals surface area contributed by atoms with Crippen LogP contribution in [0.4, 0.5) is 0 Å². The summed E-state index contributed by atoms with van der Waals surface area (Å²) >= 11 is 1.51. The SMILES string of the molecule is O=C(N[C@H]1CCN(Cc2ccccc2)C1)c1csc(-c2ccccc2)n1. The van der Waals surface area contributed by atoms with Gasteiger partial charge in [-0.05, 0) is 12.0 Å². The van der Waals surface area contributed by atoms with Crippen LogP contribution in [0.25, 0.3) is 10.6 Å². The normalized spacial score (nSPS) is 17.3. The van der Waals surface area contributed by atoms with E-state index in [-0.39, 0.29) is 11.9 Å². The minimum atomic E-state index is -0.0741. The lowest BCUT2D eigenvalue weighted by Crippen LogP contribution is -2.37. The molecule has 1 saturated heterocycles. The van der Waals surface area contributed by atoms with E-state index in [0.717, 1.165) is 36.6 Å². The summed E-state index contributed by atoms with van der Waals surface area (Å²) in [5, 5.41) is 5.86. The summed E-state index contributed by atoms with van der Waals surface area (Å²) in [5.41, 5.74) is 2.87. The summed E-state index contributed by atoms with van der Waals surface area (Å²) in [4.78, 5) is 19.4. The second-order valence-corrected chi connectivity index (χ2v) is 7.44. The van der Waals surface area contributed by atoms with Crippen molar-refractivity contribution in [3.05, 3.63) is 77.3 Å². The number of benzene rings is 2. The van der Waals surface area contributed by atoms with Crippen molar-refractivity contribution in [1.29, 1.82) is 0 Å². The maximum absolute atomic E-state index is 12.5. The fourth-order valence-corrected chi connectivity index (χ4v) is 4.09. The molecule has 0 bridgehead atoms. The molecule has 2 heterocycles. The van der Waals surface area contributed by atoms with Crippen LogP contribution in [0.2, 0.25) is 0 Å². The zero-order valence-electron chi connectivity index (χ0n) is 14.5. The first-order chi connectivity index (χ1) is 12.8. The van der Waals surface area contributed by atoms with Gasteiger partial charge in [-0.2, -0.15) is 0 Å². The lowest BCUT2D eigenvalue weighted by molar-refractivity contribution is 0.0933. The highest BCUT2D eigenvalue weighted by Crippen LogP contribution is 2.23. The quantitative estimate of drug-likeness (QED) is 0.750. The molecule has 0 aliphatic carbocycles. The Hall–Kier alpha value is -2.50. The average Bonchev–Trinajstić information content (AvgIpc) is 3.33. The summed E-state index contributed by atoms with van der Waals surface area (Å²) < 4.78 is 0. The number of nitrogens with one attached hydrogen (secondary N) is 1. The van der Waals surface area contributed by atoms with E-state index in [1.165, 1.54) is 16.9 Å². The number of likely N-dealkylation sites (tertiary alicyclic amines) is 1. The highest BCUT2D eigenvalue weighted by molar-refractivity contribution is 7.13. The largest absolute Gasteiger partial charge is 0.347 e. The molecule has 0 saturated carbocycles. The molecule has 1 aliphatic heterocycles. The first-order valence-electron chi connectivity index (χ1n) is 8.86. The summed E-state index contributed by atoms with van der Waals surface area (Å²) in [7, 11) is 0. The van der Waals surface area contributed by atoms with Crippen LogP contribution in [0.3, 0.4) is 0 Å². The van der Waals surface area contributed by atoms with Gasteiger partial charge in [-0.15, -0.1) is 11.3 Å². The maximum atomic E-state index is 12.5. The van der Waals surface area contributed by atoms with Crippen molar-refractivity contribution in [3.63, 3.8) is 0 Å². The van der Waals surface area contributed by atoms with Gasteiger partial charge in [0.1, 0.15) is 10.7 Å². The molecule has 132 valence electrons. The van der Waals surface area contributed by atoms with E-state index in [1.54, 1.807) is 0 Å². The van der Waals surface area contributed by atoms with Crippen molar-refractivity contribution >= 4 is 17.2 Å². The molecule has 5 heteroatoms. The van der Waals surface area contributed by atoms with Crippen molar-refractivity contribution in [2.75, 3.05) is 13.1 Å². The number of amides is 1. The minimum absolute atomic E-state index is 0.0741. The van der Waals surface area contributed by atoms with E-state index in [0.29, 0.717) is 5.69 Å². The van der Waals surface area contributed by atoms with Gasteiger partial charge in [-0.3, -0.25) is 9.69 Å². The highest BCUT2D eigenvalue weighted by atomic mass is 32.1. The fourth-order valence-electron chi connectivity index (χ4n) is 3.29. The molecule has 0 radical (unpaired) electrons. The van der Waals surface area contributed by atoms with Crippen molar-refractivity contribution in [2.45, 2.75) is 19.0 Å². The molecular weight excluding hydrogens is 342 g/mol. The van der Waals surface area contributed by atoms with Crippen LogP contribution in [0.1, 0.15) is 22.5 Å².